The van der Waals surface area contributed by atoms with Crippen molar-refractivity contribution in [1.29, 1.82) is 0 Å². The summed E-state index contributed by atoms with van der Waals surface area (Å²) < 4.78 is 46.7. The van der Waals surface area contributed by atoms with Crippen LogP contribution in [0.5, 0.6) is 0 Å². The molecule has 1 fully saturated rings. The number of hydrogen-bond acceptors (Lipinski definition) is 6. The molecule has 0 bridgehead atoms. The molecule has 1 amide bonds. The zero-order valence-corrected chi connectivity index (χ0v) is 18.9. The summed E-state index contributed by atoms with van der Waals surface area (Å²) in [6.07, 6.45) is 0. The molecule has 1 saturated heterocycles. The lowest BCUT2D eigenvalue weighted by Gasteiger charge is -2.26. The molecule has 1 aliphatic rings. The predicted octanol–water partition coefficient (Wildman–Crippen LogP) is 3.31. The Bertz CT molecular complexity index is 1330. The Morgan fingerprint density at radius 3 is 2.53 bits per heavy atom. The second-order valence-corrected chi connectivity index (χ2v) is 9.64. The molecule has 32 heavy (non-hydrogen) atoms. The van der Waals surface area contributed by atoms with E-state index in [1.807, 2.05) is 0 Å². The number of anilines is 1. The van der Waals surface area contributed by atoms with E-state index in [2.05, 4.69) is 15.3 Å². The molecule has 0 aliphatic carbocycles. The second kappa shape index (κ2) is 8.70. The molecule has 1 aliphatic heterocycles. The van der Waals surface area contributed by atoms with Crippen molar-refractivity contribution in [3.05, 3.63) is 58.1 Å². The first-order valence-corrected chi connectivity index (χ1v) is 11.6. The van der Waals surface area contributed by atoms with Gasteiger partial charge in [0.05, 0.1) is 40.7 Å². The number of sulfonamides is 1. The summed E-state index contributed by atoms with van der Waals surface area (Å²) in [6.45, 7) is 4.50. The maximum absolute atomic E-state index is 14.1. The van der Waals surface area contributed by atoms with Gasteiger partial charge in [-0.05, 0) is 38.1 Å². The van der Waals surface area contributed by atoms with Gasteiger partial charge < -0.3 is 10.1 Å². The Balaban J connectivity index is 1.69. The van der Waals surface area contributed by atoms with Gasteiger partial charge in [0.25, 0.3) is 5.91 Å². The van der Waals surface area contributed by atoms with Gasteiger partial charge in [0.15, 0.2) is 0 Å². The number of hydrogen-bond donors (Lipinski definition) is 1. The number of benzene rings is 2. The van der Waals surface area contributed by atoms with Gasteiger partial charge in [-0.1, -0.05) is 11.6 Å². The van der Waals surface area contributed by atoms with Crippen LogP contribution in [0.1, 0.15) is 21.7 Å². The van der Waals surface area contributed by atoms with E-state index in [0.717, 1.165) is 6.07 Å². The molecular weight excluding hydrogens is 459 g/mol. The maximum Gasteiger partial charge on any atom is 0.258 e. The number of carbonyl (C=O) groups is 1. The summed E-state index contributed by atoms with van der Waals surface area (Å²) in [5.74, 6) is -1.28. The third kappa shape index (κ3) is 4.31. The number of nitrogens with one attached hydrogen (secondary N) is 1. The number of ether oxygens (including phenoxy) is 1. The summed E-state index contributed by atoms with van der Waals surface area (Å²) in [5.41, 5.74) is 1.93. The van der Waals surface area contributed by atoms with E-state index in [4.69, 9.17) is 16.3 Å². The molecule has 2 aromatic carbocycles. The van der Waals surface area contributed by atoms with E-state index >= 15 is 0 Å². The summed E-state index contributed by atoms with van der Waals surface area (Å²) in [5, 5.41) is 2.64. The first kappa shape index (κ1) is 22.5. The molecular formula is C21H20ClFN4O4S. The van der Waals surface area contributed by atoms with Crippen molar-refractivity contribution in [2.45, 2.75) is 18.7 Å². The highest BCUT2D eigenvalue weighted by atomic mass is 35.5. The van der Waals surface area contributed by atoms with Crippen LogP contribution < -0.4 is 5.32 Å². The van der Waals surface area contributed by atoms with Gasteiger partial charge in [-0.2, -0.15) is 4.31 Å². The van der Waals surface area contributed by atoms with Gasteiger partial charge in [0, 0.05) is 24.8 Å². The van der Waals surface area contributed by atoms with Crippen molar-refractivity contribution in [1.82, 2.24) is 14.3 Å². The van der Waals surface area contributed by atoms with E-state index < -0.39 is 21.7 Å². The SMILES string of the molecule is Cc1nc2cc(F)cc(C(=O)Nc3ccc(Cl)c(S(=O)(=O)N4CCOCC4)c3)c2nc1C. The Kier molecular flexibility index (Phi) is 6.13. The Hall–Kier alpha value is -2.66. The Labute approximate surface area is 189 Å². The van der Waals surface area contributed by atoms with Crippen molar-refractivity contribution in [3.8, 4) is 0 Å². The minimum absolute atomic E-state index is 0.0110. The molecule has 0 unspecified atom stereocenters. The lowest BCUT2D eigenvalue weighted by Crippen LogP contribution is -2.40. The molecule has 1 aromatic heterocycles. The highest BCUT2D eigenvalue weighted by Gasteiger charge is 2.29. The number of halogens is 2. The van der Waals surface area contributed by atoms with Gasteiger partial charge >= 0.3 is 0 Å². The van der Waals surface area contributed by atoms with E-state index in [-0.39, 0.29) is 45.3 Å². The molecule has 2 heterocycles. The maximum atomic E-state index is 14.1. The Morgan fingerprint density at radius 2 is 1.81 bits per heavy atom. The number of aromatic nitrogens is 2. The van der Waals surface area contributed by atoms with Crippen molar-refractivity contribution >= 4 is 44.3 Å². The normalized spacial score (nSPS) is 15.1. The Morgan fingerprint density at radius 1 is 1.12 bits per heavy atom. The van der Waals surface area contributed by atoms with Crippen LogP contribution in [-0.4, -0.2) is 54.9 Å². The number of carbonyl (C=O) groups excluding carboxylic acids is 1. The molecule has 168 valence electrons. The van der Waals surface area contributed by atoms with Gasteiger partial charge in [-0.15, -0.1) is 0 Å². The second-order valence-electron chi connectivity index (χ2n) is 7.33. The molecule has 4 rings (SSSR count). The molecule has 0 saturated carbocycles. The summed E-state index contributed by atoms with van der Waals surface area (Å²) in [7, 11) is -3.88. The summed E-state index contributed by atoms with van der Waals surface area (Å²) >= 11 is 6.17. The number of amides is 1. The van der Waals surface area contributed by atoms with Gasteiger partial charge in [0.1, 0.15) is 16.2 Å². The minimum Gasteiger partial charge on any atom is -0.379 e. The average Bonchev–Trinajstić information content (AvgIpc) is 2.76. The van der Waals surface area contributed by atoms with Crippen molar-refractivity contribution in [2.75, 3.05) is 31.6 Å². The topological polar surface area (TPSA) is 101 Å². The summed E-state index contributed by atoms with van der Waals surface area (Å²) in [6, 6.07) is 6.43. The third-order valence-electron chi connectivity index (χ3n) is 5.17. The first-order chi connectivity index (χ1) is 15.2. The van der Waals surface area contributed by atoms with Crippen LogP contribution in [-0.2, 0) is 14.8 Å². The first-order valence-electron chi connectivity index (χ1n) is 9.80. The minimum atomic E-state index is -3.88. The van der Waals surface area contributed by atoms with Crippen molar-refractivity contribution in [3.63, 3.8) is 0 Å². The molecule has 11 heteroatoms. The lowest BCUT2D eigenvalue weighted by molar-refractivity contribution is 0.0730. The fourth-order valence-corrected chi connectivity index (χ4v) is 5.28. The number of nitrogens with zero attached hydrogens (tertiary/aromatic N) is 3. The molecule has 3 aromatic rings. The average molecular weight is 479 g/mol. The largest absolute Gasteiger partial charge is 0.379 e. The smallest absolute Gasteiger partial charge is 0.258 e. The van der Waals surface area contributed by atoms with Crippen LogP contribution in [0.25, 0.3) is 11.0 Å². The van der Waals surface area contributed by atoms with Crippen molar-refractivity contribution < 1.29 is 22.3 Å². The van der Waals surface area contributed by atoms with Crippen molar-refractivity contribution in [2.24, 2.45) is 0 Å². The van der Waals surface area contributed by atoms with Crippen LogP contribution in [0.4, 0.5) is 10.1 Å². The van der Waals surface area contributed by atoms with Gasteiger partial charge in [-0.25, -0.2) is 22.8 Å². The van der Waals surface area contributed by atoms with E-state index in [9.17, 15) is 17.6 Å². The standard InChI is InChI=1S/C21H20ClFN4O4S/c1-12-13(2)25-20-16(9-14(23)10-18(20)24-12)21(28)26-15-3-4-17(22)19(11-15)32(29,30)27-5-7-31-8-6-27/h3-4,9-11H,5-8H2,1-2H3,(H,26,28). The van der Waals surface area contributed by atoms with Crippen LogP contribution in [0.3, 0.4) is 0 Å². The fourth-order valence-electron chi connectivity index (χ4n) is 3.37. The zero-order chi connectivity index (χ0) is 23.0. The van der Waals surface area contributed by atoms with E-state index in [0.29, 0.717) is 24.6 Å². The monoisotopic (exact) mass is 478 g/mol. The number of fused-ring (bicyclic) bond motifs is 1. The molecule has 8 nitrogen and oxygen atoms in total. The highest BCUT2D eigenvalue weighted by Crippen LogP contribution is 2.29. The van der Waals surface area contributed by atoms with Crippen LogP contribution in [0.2, 0.25) is 5.02 Å². The number of morpholine rings is 1. The van der Waals surface area contributed by atoms with E-state index in [1.54, 1.807) is 13.8 Å². The van der Waals surface area contributed by atoms with Crippen LogP contribution >= 0.6 is 11.6 Å². The molecule has 1 N–H and O–H groups in total. The lowest BCUT2D eigenvalue weighted by atomic mass is 10.1. The highest BCUT2D eigenvalue weighted by molar-refractivity contribution is 7.89. The third-order valence-corrected chi connectivity index (χ3v) is 7.55. The fraction of sp³-hybridized carbons (Fsp3) is 0.286. The predicted molar refractivity (Wildman–Crippen MR) is 118 cm³/mol. The van der Waals surface area contributed by atoms with Gasteiger partial charge in [0.2, 0.25) is 10.0 Å². The molecule has 0 atom stereocenters. The van der Waals surface area contributed by atoms with Crippen LogP contribution in [0.15, 0.2) is 35.2 Å². The molecule has 0 spiro atoms. The zero-order valence-electron chi connectivity index (χ0n) is 17.4. The number of aryl methyl sites for hydroxylation is 2. The molecule has 0 radical (unpaired) electrons. The van der Waals surface area contributed by atoms with E-state index in [1.165, 1.54) is 28.6 Å². The number of rotatable bonds is 4. The quantitative estimate of drug-likeness (QED) is 0.617. The van der Waals surface area contributed by atoms with Gasteiger partial charge in [-0.3, -0.25) is 4.79 Å². The van der Waals surface area contributed by atoms with Crippen LogP contribution in [0, 0.1) is 19.7 Å². The summed E-state index contributed by atoms with van der Waals surface area (Å²) in [4.78, 5) is 21.5.